The number of benzene rings is 1. The zero-order valence-electron chi connectivity index (χ0n) is 11.2. The molecule has 19 heavy (non-hydrogen) atoms. The highest BCUT2D eigenvalue weighted by molar-refractivity contribution is 9.10. The third-order valence-corrected chi connectivity index (χ3v) is 3.84. The van der Waals surface area contributed by atoms with Crippen LogP contribution in [0.2, 0.25) is 0 Å². The van der Waals surface area contributed by atoms with Crippen LogP contribution in [-0.4, -0.2) is 43.0 Å². The van der Waals surface area contributed by atoms with Crippen molar-refractivity contribution in [3.8, 4) is 0 Å². The Bertz CT molecular complexity index is 421. The van der Waals surface area contributed by atoms with E-state index in [4.69, 9.17) is 0 Å². The van der Waals surface area contributed by atoms with Crippen LogP contribution in [0.5, 0.6) is 0 Å². The average molecular weight is 326 g/mol. The summed E-state index contributed by atoms with van der Waals surface area (Å²) >= 11 is 3.44. The number of nitrogens with zero attached hydrogens (tertiary/aromatic N) is 1. The number of halogens is 1. The predicted octanol–water partition coefficient (Wildman–Crippen LogP) is 1.36. The quantitative estimate of drug-likeness (QED) is 0.878. The predicted molar refractivity (Wildman–Crippen MR) is 79.9 cm³/mol. The van der Waals surface area contributed by atoms with E-state index in [1.165, 1.54) is 5.56 Å². The van der Waals surface area contributed by atoms with Crippen LogP contribution in [-0.2, 0) is 11.3 Å². The van der Waals surface area contributed by atoms with Crippen LogP contribution < -0.4 is 10.6 Å². The van der Waals surface area contributed by atoms with Gasteiger partial charge in [-0.05, 0) is 24.6 Å². The maximum Gasteiger partial charge on any atom is 0.238 e. The third kappa shape index (κ3) is 4.03. The second kappa shape index (κ2) is 7.03. The van der Waals surface area contributed by atoms with Crippen LogP contribution >= 0.6 is 15.9 Å². The van der Waals surface area contributed by atoms with Crippen molar-refractivity contribution in [2.45, 2.75) is 19.5 Å². The van der Waals surface area contributed by atoms with Gasteiger partial charge in [-0.15, -0.1) is 0 Å². The summed E-state index contributed by atoms with van der Waals surface area (Å²) < 4.78 is 1.08. The number of piperazine rings is 1. The van der Waals surface area contributed by atoms with Gasteiger partial charge in [-0.25, -0.2) is 0 Å². The number of likely N-dealkylation sites (N-methyl/N-ethyl adjacent to an activating group) is 1. The average Bonchev–Trinajstić information content (AvgIpc) is 2.42. The number of carbonyl (C=O) groups excluding carboxylic acids is 1. The van der Waals surface area contributed by atoms with Gasteiger partial charge in [0.25, 0.3) is 0 Å². The summed E-state index contributed by atoms with van der Waals surface area (Å²) in [6, 6.07) is 8.20. The van der Waals surface area contributed by atoms with E-state index in [9.17, 15) is 4.79 Å². The Morgan fingerprint density at radius 2 is 2.21 bits per heavy atom. The molecule has 1 fully saturated rings. The molecule has 0 aromatic heterocycles. The molecule has 1 unspecified atom stereocenters. The van der Waals surface area contributed by atoms with Crippen molar-refractivity contribution in [1.29, 1.82) is 0 Å². The highest BCUT2D eigenvalue weighted by atomic mass is 79.9. The lowest BCUT2D eigenvalue weighted by Crippen LogP contribution is -2.57. The van der Waals surface area contributed by atoms with Gasteiger partial charge in [0.15, 0.2) is 0 Å². The Kier molecular flexibility index (Phi) is 5.36. The standard InChI is InChI=1S/C14H20BrN3O/c1-2-17-14(19)13-9-16-7-8-18(13)10-11-3-5-12(15)6-4-11/h3-6,13,16H,2,7-10H2,1H3,(H,17,19). The summed E-state index contributed by atoms with van der Waals surface area (Å²) in [6.45, 7) is 6.01. The molecule has 1 aromatic carbocycles. The largest absolute Gasteiger partial charge is 0.355 e. The van der Waals surface area contributed by atoms with Gasteiger partial charge in [0.05, 0.1) is 0 Å². The molecule has 1 aliphatic heterocycles. The van der Waals surface area contributed by atoms with Crippen LogP contribution in [0.3, 0.4) is 0 Å². The first-order valence-corrected chi connectivity index (χ1v) is 7.47. The van der Waals surface area contributed by atoms with E-state index in [1.807, 2.05) is 19.1 Å². The Hall–Kier alpha value is -0.910. The fourth-order valence-corrected chi connectivity index (χ4v) is 2.57. The molecule has 0 aliphatic carbocycles. The van der Waals surface area contributed by atoms with Crippen molar-refractivity contribution in [1.82, 2.24) is 15.5 Å². The third-order valence-electron chi connectivity index (χ3n) is 3.31. The molecule has 0 radical (unpaired) electrons. The molecule has 1 heterocycles. The molecule has 4 nitrogen and oxygen atoms in total. The first kappa shape index (κ1) is 14.5. The minimum absolute atomic E-state index is 0.0719. The summed E-state index contributed by atoms with van der Waals surface area (Å²) in [5.74, 6) is 0.117. The van der Waals surface area contributed by atoms with Crippen molar-refractivity contribution >= 4 is 21.8 Å². The lowest BCUT2D eigenvalue weighted by molar-refractivity contribution is -0.127. The number of hydrogen-bond acceptors (Lipinski definition) is 3. The maximum atomic E-state index is 12.1. The van der Waals surface area contributed by atoms with Crippen molar-refractivity contribution in [2.24, 2.45) is 0 Å². The van der Waals surface area contributed by atoms with E-state index in [1.54, 1.807) is 0 Å². The van der Waals surface area contributed by atoms with Gasteiger partial charge in [0.1, 0.15) is 6.04 Å². The second-order valence-corrected chi connectivity index (χ2v) is 5.63. The number of nitrogens with one attached hydrogen (secondary N) is 2. The molecule has 2 rings (SSSR count). The number of amides is 1. The van der Waals surface area contributed by atoms with E-state index >= 15 is 0 Å². The van der Waals surface area contributed by atoms with E-state index in [2.05, 4.69) is 43.6 Å². The molecule has 1 aromatic rings. The molecule has 0 spiro atoms. The molecule has 104 valence electrons. The molecule has 1 atom stereocenters. The monoisotopic (exact) mass is 325 g/mol. The summed E-state index contributed by atoms with van der Waals surface area (Å²) in [5, 5.41) is 6.20. The van der Waals surface area contributed by atoms with Gasteiger partial charge in [-0.2, -0.15) is 0 Å². The highest BCUT2D eigenvalue weighted by Gasteiger charge is 2.27. The van der Waals surface area contributed by atoms with E-state index in [0.717, 1.165) is 30.7 Å². The summed E-state index contributed by atoms with van der Waals surface area (Å²) in [7, 11) is 0. The van der Waals surface area contributed by atoms with E-state index < -0.39 is 0 Å². The van der Waals surface area contributed by atoms with Crippen molar-refractivity contribution in [3.05, 3.63) is 34.3 Å². The van der Waals surface area contributed by atoms with Gasteiger partial charge >= 0.3 is 0 Å². The topological polar surface area (TPSA) is 44.4 Å². The van der Waals surface area contributed by atoms with Gasteiger partial charge in [0.2, 0.25) is 5.91 Å². The van der Waals surface area contributed by atoms with Crippen molar-refractivity contribution in [3.63, 3.8) is 0 Å². The van der Waals surface area contributed by atoms with Crippen LogP contribution in [0.1, 0.15) is 12.5 Å². The molecule has 0 bridgehead atoms. The van der Waals surface area contributed by atoms with Gasteiger partial charge in [0, 0.05) is 37.2 Å². The van der Waals surface area contributed by atoms with Crippen LogP contribution in [0.4, 0.5) is 0 Å². The zero-order chi connectivity index (χ0) is 13.7. The van der Waals surface area contributed by atoms with Gasteiger partial charge in [-0.3, -0.25) is 9.69 Å². The Labute approximate surface area is 122 Å². The summed E-state index contributed by atoms with van der Waals surface area (Å²) in [6.07, 6.45) is 0. The lowest BCUT2D eigenvalue weighted by atomic mass is 10.1. The van der Waals surface area contributed by atoms with Crippen molar-refractivity contribution < 1.29 is 4.79 Å². The first-order chi connectivity index (χ1) is 9.20. The maximum absolute atomic E-state index is 12.1. The van der Waals surface area contributed by atoms with Crippen LogP contribution in [0, 0.1) is 0 Å². The summed E-state index contributed by atoms with van der Waals surface area (Å²) in [4.78, 5) is 14.3. The Morgan fingerprint density at radius 3 is 2.89 bits per heavy atom. The number of rotatable bonds is 4. The van der Waals surface area contributed by atoms with Crippen LogP contribution in [0.25, 0.3) is 0 Å². The normalized spacial score (nSPS) is 20.2. The minimum atomic E-state index is -0.0719. The fourth-order valence-electron chi connectivity index (χ4n) is 2.31. The number of hydrogen-bond donors (Lipinski definition) is 2. The second-order valence-electron chi connectivity index (χ2n) is 4.71. The minimum Gasteiger partial charge on any atom is -0.355 e. The molecule has 5 heteroatoms. The van der Waals surface area contributed by atoms with E-state index in [0.29, 0.717) is 6.54 Å². The Morgan fingerprint density at radius 1 is 1.47 bits per heavy atom. The zero-order valence-corrected chi connectivity index (χ0v) is 12.7. The molecule has 1 amide bonds. The van der Waals surface area contributed by atoms with Gasteiger partial charge < -0.3 is 10.6 Å². The molecule has 2 N–H and O–H groups in total. The highest BCUT2D eigenvalue weighted by Crippen LogP contribution is 2.14. The molecule has 0 saturated carbocycles. The van der Waals surface area contributed by atoms with Crippen molar-refractivity contribution in [2.75, 3.05) is 26.2 Å². The fraction of sp³-hybridized carbons (Fsp3) is 0.500. The van der Waals surface area contributed by atoms with E-state index in [-0.39, 0.29) is 11.9 Å². The number of carbonyl (C=O) groups is 1. The molecule has 1 aliphatic rings. The molecular formula is C14H20BrN3O. The SMILES string of the molecule is CCNC(=O)C1CNCCN1Cc1ccc(Br)cc1. The smallest absolute Gasteiger partial charge is 0.238 e. The molecule has 1 saturated heterocycles. The van der Waals surface area contributed by atoms with Crippen LogP contribution in [0.15, 0.2) is 28.7 Å². The first-order valence-electron chi connectivity index (χ1n) is 6.67. The van der Waals surface area contributed by atoms with Gasteiger partial charge in [-0.1, -0.05) is 28.1 Å². The lowest BCUT2D eigenvalue weighted by Gasteiger charge is -2.35. The molecular weight excluding hydrogens is 306 g/mol. The summed E-state index contributed by atoms with van der Waals surface area (Å²) in [5.41, 5.74) is 1.24. The Balaban J connectivity index is 2.03.